The van der Waals surface area contributed by atoms with Gasteiger partial charge in [0.2, 0.25) is 0 Å². The van der Waals surface area contributed by atoms with Gasteiger partial charge in [0, 0.05) is 11.1 Å². The Morgan fingerprint density at radius 1 is 1.27 bits per heavy atom. The number of halogens is 2. The fourth-order valence-corrected chi connectivity index (χ4v) is 2.64. The molecule has 26 heavy (non-hydrogen) atoms. The number of nitrogens with two attached hydrogens (primary N) is 1. The van der Waals surface area contributed by atoms with Crippen molar-refractivity contribution in [1.29, 1.82) is 0 Å². The van der Waals surface area contributed by atoms with Crippen LogP contribution in [-0.2, 0) is 14.3 Å². The smallest absolute Gasteiger partial charge is 0.344 e. The summed E-state index contributed by atoms with van der Waals surface area (Å²) >= 11 is 12.3. The molecule has 1 heterocycles. The average Bonchev–Trinajstić information content (AvgIpc) is 2.53. The molecule has 10 heteroatoms. The standard InChI is InChI=1S/C16H15Cl2N3O5/c1-7-3-4-9-10(17)5-11(18)14(13(9)20-7)25-6-12(22)26-8(2)15(23)21-16(19)24/h3-5,8H,6H2,1-2H3,(H3,19,21,23,24). The van der Waals surface area contributed by atoms with Gasteiger partial charge >= 0.3 is 12.0 Å². The number of aromatic nitrogens is 1. The third-order valence-corrected chi connectivity index (χ3v) is 3.83. The first kappa shape index (κ1) is 19.7. The van der Waals surface area contributed by atoms with Gasteiger partial charge in [-0.2, -0.15) is 0 Å². The number of nitrogens with zero attached hydrogens (tertiary/aromatic N) is 1. The highest BCUT2D eigenvalue weighted by atomic mass is 35.5. The number of hydrogen-bond donors (Lipinski definition) is 2. The van der Waals surface area contributed by atoms with Gasteiger partial charge in [-0.05, 0) is 32.0 Å². The number of aryl methyl sites for hydroxylation is 1. The Balaban J connectivity index is 2.12. The van der Waals surface area contributed by atoms with Crippen LogP contribution < -0.4 is 15.8 Å². The number of esters is 1. The Morgan fingerprint density at radius 2 is 1.96 bits per heavy atom. The van der Waals surface area contributed by atoms with Gasteiger partial charge in [0.05, 0.1) is 10.0 Å². The number of imide groups is 1. The Morgan fingerprint density at radius 3 is 2.62 bits per heavy atom. The van der Waals surface area contributed by atoms with Crippen LogP contribution >= 0.6 is 23.2 Å². The lowest BCUT2D eigenvalue weighted by Gasteiger charge is -2.14. The van der Waals surface area contributed by atoms with E-state index in [9.17, 15) is 14.4 Å². The monoisotopic (exact) mass is 399 g/mol. The van der Waals surface area contributed by atoms with Crippen LogP contribution in [0.3, 0.4) is 0 Å². The molecule has 1 aromatic heterocycles. The van der Waals surface area contributed by atoms with E-state index in [1.165, 1.54) is 13.0 Å². The van der Waals surface area contributed by atoms with Crippen LogP contribution in [0.1, 0.15) is 12.6 Å². The second-order valence-corrected chi connectivity index (χ2v) is 6.11. The minimum atomic E-state index is -1.23. The predicted molar refractivity (Wildman–Crippen MR) is 95.3 cm³/mol. The largest absolute Gasteiger partial charge is 0.478 e. The summed E-state index contributed by atoms with van der Waals surface area (Å²) in [5, 5.41) is 2.98. The number of fused-ring (bicyclic) bond motifs is 1. The molecule has 0 fully saturated rings. The van der Waals surface area contributed by atoms with Crippen molar-refractivity contribution in [3.05, 3.63) is 33.9 Å². The van der Waals surface area contributed by atoms with E-state index in [0.717, 1.165) is 0 Å². The summed E-state index contributed by atoms with van der Waals surface area (Å²) in [4.78, 5) is 38.3. The number of rotatable bonds is 5. The van der Waals surface area contributed by atoms with Crippen LogP contribution in [0.4, 0.5) is 4.79 Å². The van der Waals surface area contributed by atoms with Crippen LogP contribution in [-0.4, -0.2) is 35.6 Å². The van der Waals surface area contributed by atoms with Gasteiger partial charge < -0.3 is 15.2 Å². The quantitative estimate of drug-likeness (QED) is 0.744. The molecule has 3 amide bonds. The van der Waals surface area contributed by atoms with Gasteiger partial charge in [-0.15, -0.1) is 0 Å². The number of carbonyl (C=O) groups is 3. The number of pyridine rings is 1. The number of hydrogen-bond acceptors (Lipinski definition) is 6. The summed E-state index contributed by atoms with van der Waals surface area (Å²) in [6.45, 7) is 2.54. The summed E-state index contributed by atoms with van der Waals surface area (Å²) in [5.41, 5.74) is 5.93. The molecule has 0 bridgehead atoms. The van der Waals surface area contributed by atoms with E-state index in [1.54, 1.807) is 24.4 Å². The van der Waals surface area contributed by atoms with Crippen molar-refractivity contribution in [3.63, 3.8) is 0 Å². The van der Waals surface area contributed by atoms with Crippen LogP contribution in [0.2, 0.25) is 10.0 Å². The van der Waals surface area contributed by atoms with Crippen molar-refractivity contribution < 1.29 is 23.9 Å². The SMILES string of the molecule is Cc1ccc2c(Cl)cc(Cl)c(OCC(=O)OC(C)C(=O)NC(N)=O)c2n1. The first-order chi connectivity index (χ1) is 12.2. The summed E-state index contributed by atoms with van der Waals surface area (Å²) in [7, 11) is 0. The number of ether oxygens (including phenoxy) is 2. The van der Waals surface area contributed by atoms with E-state index < -0.39 is 30.6 Å². The summed E-state index contributed by atoms with van der Waals surface area (Å²) < 4.78 is 10.3. The highest BCUT2D eigenvalue weighted by Gasteiger charge is 2.20. The van der Waals surface area contributed by atoms with Gasteiger partial charge in [-0.25, -0.2) is 14.6 Å². The number of carbonyl (C=O) groups excluding carboxylic acids is 3. The molecule has 0 spiro atoms. The Bertz CT molecular complexity index is 888. The molecule has 0 saturated heterocycles. The lowest BCUT2D eigenvalue weighted by Crippen LogP contribution is -2.42. The van der Waals surface area contributed by atoms with Gasteiger partial charge in [-0.1, -0.05) is 23.2 Å². The average molecular weight is 400 g/mol. The molecular formula is C16H15Cl2N3O5. The minimum Gasteiger partial charge on any atom is -0.478 e. The van der Waals surface area contributed by atoms with Crippen LogP contribution in [0.25, 0.3) is 10.9 Å². The summed E-state index contributed by atoms with van der Waals surface area (Å²) in [6, 6.07) is 3.97. The van der Waals surface area contributed by atoms with E-state index in [1.807, 2.05) is 0 Å². The zero-order valence-electron chi connectivity index (χ0n) is 13.8. The van der Waals surface area contributed by atoms with Crippen molar-refractivity contribution in [3.8, 4) is 5.75 Å². The molecule has 1 unspecified atom stereocenters. The molecule has 0 aliphatic carbocycles. The number of nitrogens with one attached hydrogen (secondary N) is 1. The van der Waals surface area contributed by atoms with E-state index in [0.29, 0.717) is 21.6 Å². The van der Waals surface area contributed by atoms with Gasteiger partial charge in [0.1, 0.15) is 5.52 Å². The number of amides is 3. The lowest BCUT2D eigenvalue weighted by molar-refractivity contribution is -0.156. The van der Waals surface area contributed by atoms with E-state index in [2.05, 4.69) is 4.98 Å². The maximum Gasteiger partial charge on any atom is 0.344 e. The van der Waals surface area contributed by atoms with Crippen molar-refractivity contribution >= 4 is 52.0 Å². The van der Waals surface area contributed by atoms with Gasteiger partial charge in [0.25, 0.3) is 5.91 Å². The minimum absolute atomic E-state index is 0.168. The van der Waals surface area contributed by atoms with Crippen molar-refractivity contribution in [2.24, 2.45) is 5.73 Å². The number of urea groups is 1. The van der Waals surface area contributed by atoms with Crippen molar-refractivity contribution in [2.75, 3.05) is 6.61 Å². The second kappa shape index (κ2) is 8.20. The van der Waals surface area contributed by atoms with Crippen LogP contribution in [0.5, 0.6) is 5.75 Å². The molecule has 0 saturated carbocycles. The molecule has 8 nitrogen and oxygen atoms in total. The van der Waals surface area contributed by atoms with Crippen LogP contribution in [0.15, 0.2) is 18.2 Å². The Labute approximate surface area is 158 Å². The molecule has 3 N–H and O–H groups in total. The molecule has 0 radical (unpaired) electrons. The van der Waals surface area contributed by atoms with Gasteiger partial charge in [-0.3, -0.25) is 10.1 Å². The first-order valence-corrected chi connectivity index (χ1v) is 8.12. The zero-order valence-corrected chi connectivity index (χ0v) is 15.4. The van der Waals surface area contributed by atoms with E-state index in [4.69, 9.17) is 38.4 Å². The molecule has 1 atom stereocenters. The summed E-state index contributed by atoms with van der Waals surface area (Å²) in [6.07, 6.45) is -1.23. The zero-order chi connectivity index (χ0) is 19.4. The molecular weight excluding hydrogens is 385 g/mol. The molecule has 2 rings (SSSR count). The van der Waals surface area contributed by atoms with Crippen LogP contribution in [0, 0.1) is 6.92 Å². The number of primary amides is 1. The molecule has 2 aromatic rings. The summed E-state index contributed by atoms with van der Waals surface area (Å²) in [5.74, 6) is -1.52. The molecule has 1 aromatic carbocycles. The molecule has 138 valence electrons. The third kappa shape index (κ3) is 4.74. The Hall–Kier alpha value is -2.58. The highest BCUT2D eigenvalue weighted by molar-refractivity contribution is 6.39. The third-order valence-electron chi connectivity index (χ3n) is 3.24. The van der Waals surface area contributed by atoms with Crippen molar-refractivity contribution in [1.82, 2.24) is 10.3 Å². The fraction of sp³-hybridized carbons (Fsp3) is 0.250. The fourth-order valence-electron chi connectivity index (χ4n) is 2.07. The topological polar surface area (TPSA) is 121 Å². The molecule has 0 aliphatic rings. The maximum atomic E-state index is 11.9. The van der Waals surface area contributed by atoms with E-state index >= 15 is 0 Å². The molecule has 0 aliphatic heterocycles. The normalized spacial score (nSPS) is 11.7. The lowest BCUT2D eigenvalue weighted by atomic mass is 10.2. The predicted octanol–water partition coefficient (Wildman–Crippen LogP) is 2.36. The first-order valence-electron chi connectivity index (χ1n) is 7.37. The maximum absolute atomic E-state index is 11.9. The van der Waals surface area contributed by atoms with E-state index in [-0.39, 0.29) is 10.8 Å². The number of benzene rings is 1. The van der Waals surface area contributed by atoms with Crippen molar-refractivity contribution in [2.45, 2.75) is 20.0 Å². The van der Waals surface area contributed by atoms with Gasteiger partial charge in [0.15, 0.2) is 18.5 Å². The second-order valence-electron chi connectivity index (χ2n) is 5.29. The Kier molecular flexibility index (Phi) is 6.23. The highest BCUT2D eigenvalue weighted by Crippen LogP contribution is 2.37.